The Bertz CT molecular complexity index is 547. The van der Waals surface area contributed by atoms with Crippen molar-refractivity contribution < 1.29 is 8.78 Å². The molecule has 0 bridgehead atoms. The zero-order valence-electron chi connectivity index (χ0n) is 12.0. The van der Waals surface area contributed by atoms with Crippen LogP contribution in [0.15, 0.2) is 36.4 Å². The van der Waals surface area contributed by atoms with Crippen molar-refractivity contribution in [3.8, 4) is 11.1 Å². The summed E-state index contributed by atoms with van der Waals surface area (Å²) >= 11 is 0. The summed E-state index contributed by atoms with van der Waals surface area (Å²) < 4.78 is 26.5. The van der Waals surface area contributed by atoms with Gasteiger partial charge in [-0.15, -0.1) is 0 Å². The third-order valence-electron chi connectivity index (χ3n) is 3.66. The second kappa shape index (κ2) is 6.65. The van der Waals surface area contributed by atoms with E-state index in [4.69, 9.17) is 0 Å². The molecular formula is C18H20F2. The molecule has 0 fully saturated rings. The van der Waals surface area contributed by atoms with E-state index in [2.05, 4.69) is 19.1 Å². The van der Waals surface area contributed by atoms with Gasteiger partial charge in [0.15, 0.2) is 0 Å². The van der Waals surface area contributed by atoms with Crippen LogP contribution >= 0.6 is 0 Å². The van der Waals surface area contributed by atoms with Crippen molar-refractivity contribution in [2.75, 3.05) is 0 Å². The van der Waals surface area contributed by atoms with E-state index >= 15 is 0 Å². The molecule has 0 aliphatic carbocycles. The maximum atomic E-state index is 13.8. The van der Waals surface area contributed by atoms with E-state index in [1.54, 1.807) is 6.92 Å². The van der Waals surface area contributed by atoms with Gasteiger partial charge < -0.3 is 0 Å². The predicted molar refractivity (Wildman–Crippen MR) is 80.0 cm³/mol. The highest BCUT2D eigenvalue weighted by Gasteiger charge is 2.09. The third kappa shape index (κ3) is 3.24. The highest BCUT2D eigenvalue weighted by atomic mass is 19.1. The number of halogens is 2. The molecule has 0 heterocycles. The van der Waals surface area contributed by atoms with E-state index in [9.17, 15) is 8.78 Å². The minimum atomic E-state index is -0.756. The standard InChI is InChI=1S/C18H20F2/c1-3-4-5-14-6-8-15(9-7-14)16-10-13(2)17(12-19)18(20)11-16/h6-11H,3-5,12H2,1-2H3. The van der Waals surface area contributed by atoms with Crippen LogP contribution in [0.3, 0.4) is 0 Å². The van der Waals surface area contributed by atoms with Gasteiger partial charge in [0.05, 0.1) is 0 Å². The van der Waals surface area contributed by atoms with Gasteiger partial charge in [-0.2, -0.15) is 0 Å². The first-order chi connectivity index (χ1) is 9.65. The van der Waals surface area contributed by atoms with Crippen LogP contribution < -0.4 is 0 Å². The van der Waals surface area contributed by atoms with Crippen molar-refractivity contribution in [2.24, 2.45) is 0 Å². The number of benzene rings is 2. The monoisotopic (exact) mass is 274 g/mol. The van der Waals surface area contributed by atoms with E-state index in [1.807, 2.05) is 18.2 Å². The molecule has 0 aliphatic rings. The van der Waals surface area contributed by atoms with Gasteiger partial charge in [-0.05, 0) is 48.1 Å². The summed E-state index contributed by atoms with van der Waals surface area (Å²) in [6, 6.07) is 11.5. The lowest BCUT2D eigenvalue weighted by Gasteiger charge is -2.09. The summed E-state index contributed by atoms with van der Waals surface area (Å²) in [5.41, 5.74) is 3.90. The Balaban J connectivity index is 2.27. The van der Waals surface area contributed by atoms with Gasteiger partial charge in [0.2, 0.25) is 0 Å². The first-order valence-corrected chi connectivity index (χ1v) is 7.10. The minimum Gasteiger partial charge on any atom is -0.246 e. The van der Waals surface area contributed by atoms with Crippen LogP contribution in [0, 0.1) is 12.7 Å². The van der Waals surface area contributed by atoms with Crippen molar-refractivity contribution in [3.05, 3.63) is 58.9 Å². The SMILES string of the molecule is CCCCc1ccc(-c2cc(C)c(CF)c(F)c2)cc1. The zero-order valence-corrected chi connectivity index (χ0v) is 12.0. The first-order valence-electron chi connectivity index (χ1n) is 7.10. The maximum absolute atomic E-state index is 13.8. The molecule has 0 spiro atoms. The van der Waals surface area contributed by atoms with Crippen LogP contribution in [-0.4, -0.2) is 0 Å². The summed E-state index contributed by atoms with van der Waals surface area (Å²) in [5, 5.41) is 0. The van der Waals surface area contributed by atoms with Gasteiger partial charge in [-0.3, -0.25) is 0 Å². The van der Waals surface area contributed by atoms with Gasteiger partial charge in [0.1, 0.15) is 12.5 Å². The molecule has 0 atom stereocenters. The van der Waals surface area contributed by atoms with Crippen LogP contribution in [0.1, 0.15) is 36.5 Å². The molecule has 0 saturated heterocycles. The smallest absolute Gasteiger partial charge is 0.129 e. The van der Waals surface area contributed by atoms with Gasteiger partial charge in [-0.1, -0.05) is 43.7 Å². The third-order valence-corrected chi connectivity index (χ3v) is 3.66. The number of rotatable bonds is 5. The molecule has 2 aromatic rings. The Morgan fingerprint density at radius 2 is 1.70 bits per heavy atom. The highest BCUT2D eigenvalue weighted by molar-refractivity contribution is 5.65. The lowest BCUT2D eigenvalue weighted by molar-refractivity contribution is 0.462. The molecular weight excluding hydrogens is 254 g/mol. The van der Waals surface area contributed by atoms with Crippen molar-refractivity contribution in [2.45, 2.75) is 39.8 Å². The van der Waals surface area contributed by atoms with Gasteiger partial charge in [0.25, 0.3) is 0 Å². The minimum absolute atomic E-state index is 0.160. The largest absolute Gasteiger partial charge is 0.246 e. The van der Waals surface area contributed by atoms with Crippen molar-refractivity contribution in [3.63, 3.8) is 0 Å². The van der Waals surface area contributed by atoms with E-state index in [-0.39, 0.29) is 5.56 Å². The van der Waals surface area contributed by atoms with Crippen molar-refractivity contribution in [1.82, 2.24) is 0 Å². The molecule has 2 aromatic carbocycles. The second-order valence-corrected chi connectivity index (χ2v) is 5.19. The Hall–Kier alpha value is -1.70. The average Bonchev–Trinajstić information content (AvgIpc) is 2.45. The topological polar surface area (TPSA) is 0 Å². The molecule has 0 radical (unpaired) electrons. The summed E-state index contributed by atoms with van der Waals surface area (Å²) in [5.74, 6) is -0.461. The van der Waals surface area contributed by atoms with Crippen LogP contribution in [0.25, 0.3) is 11.1 Å². The van der Waals surface area contributed by atoms with Crippen LogP contribution in [0.5, 0.6) is 0 Å². The summed E-state index contributed by atoms with van der Waals surface area (Å²) in [7, 11) is 0. The van der Waals surface area contributed by atoms with Crippen LogP contribution in [0.2, 0.25) is 0 Å². The van der Waals surface area contributed by atoms with Gasteiger partial charge >= 0.3 is 0 Å². The molecule has 0 aromatic heterocycles. The molecule has 0 aliphatic heterocycles. The molecule has 0 nitrogen and oxygen atoms in total. The molecule has 20 heavy (non-hydrogen) atoms. The highest BCUT2D eigenvalue weighted by Crippen LogP contribution is 2.26. The van der Waals surface area contributed by atoms with E-state index in [0.29, 0.717) is 5.56 Å². The Kier molecular flexibility index (Phi) is 4.89. The van der Waals surface area contributed by atoms with E-state index in [1.165, 1.54) is 24.5 Å². The van der Waals surface area contributed by atoms with Crippen LogP contribution in [0.4, 0.5) is 8.78 Å². The average molecular weight is 274 g/mol. The molecule has 0 amide bonds. The Labute approximate surface area is 119 Å². The fraction of sp³-hybridized carbons (Fsp3) is 0.333. The predicted octanol–water partition coefficient (Wildman–Crippen LogP) is 5.61. The first kappa shape index (κ1) is 14.7. The van der Waals surface area contributed by atoms with Crippen molar-refractivity contribution in [1.29, 1.82) is 0 Å². The molecule has 0 unspecified atom stereocenters. The van der Waals surface area contributed by atoms with Gasteiger partial charge in [-0.25, -0.2) is 8.78 Å². The number of alkyl halides is 1. The Morgan fingerprint density at radius 3 is 2.25 bits per heavy atom. The molecule has 2 heteroatoms. The normalized spacial score (nSPS) is 10.8. The number of unbranched alkanes of at least 4 members (excludes halogenated alkanes) is 1. The number of aryl methyl sites for hydroxylation is 2. The van der Waals surface area contributed by atoms with E-state index in [0.717, 1.165) is 17.5 Å². The maximum Gasteiger partial charge on any atom is 0.129 e. The molecule has 106 valence electrons. The number of hydrogen-bond acceptors (Lipinski definition) is 0. The molecule has 0 N–H and O–H groups in total. The quantitative estimate of drug-likeness (QED) is 0.664. The van der Waals surface area contributed by atoms with Gasteiger partial charge in [0, 0.05) is 5.56 Å². The molecule has 0 saturated carbocycles. The fourth-order valence-corrected chi connectivity index (χ4v) is 2.35. The van der Waals surface area contributed by atoms with Crippen molar-refractivity contribution >= 4 is 0 Å². The summed E-state index contributed by atoms with van der Waals surface area (Å²) in [6.45, 7) is 3.16. The molecule has 2 rings (SSSR count). The second-order valence-electron chi connectivity index (χ2n) is 5.19. The zero-order chi connectivity index (χ0) is 14.5. The number of hydrogen-bond donors (Lipinski definition) is 0. The summed E-state index contributed by atoms with van der Waals surface area (Å²) in [4.78, 5) is 0. The Morgan fingerprint density at radius 1 is 1.00 bits per heavy atom. The summed E-state index contributed by atoms with van der Waals surface area (Å²) in [6.07, 6.45) is 3.43. The fourth-order valence-electron chi connectivity index (χ4n) is 2.35. The lowest BCUT2D eigenvalue weighted by atomic mass is 9.98. The van der Waals surface area contributed by atoms with Crippen LogP contribution in [-0.2, 0) is 13.1 Å². The van der Waals surface area contributed by atoms with E-state index < -0.39 is 12.5 Å². The lowest BCUT2D eigenvalue weighted by Crippen LogP contribution is -1.93.